The van der Waals surface area contributed by atoms with E-state index in [2.05, 4.69) is 31.0 Å². The molecule has 2 heterocycles. The number of aliphatic hydroxyl groups is 1. The number of carbonyl (C=O) groups is 1. The van der Waals surface area contributed by atoms with Crippen molar-refractivity contribution < 1.29 is 32.7 Å². The molecule has 1 N–H and O–H groups in total. The summed E-state index contributed by atoms with van der Waals surface area (Å²) in [7, 11) is 0. The number of benzene rings is 2. The normalized spacial score (nSPS) is 14.6. The van der Waals surface area contributed by atoms with Gasteiger partial charge in [-0.25, -0.2) is 0 Å². The number of rotatable bonds is 9. The summed E-state index contributed by atoms with van der Waals surface area (Å²) >= 11 is 0. The van der Waals surface area contributed by atoms with E-state index >= 15 is 0 Å². The number of hydrogen-bond donors (Lipinski definition) is 1. The Morgan fingerprint density at radius 1 is 1.02 bits per heavy atom. The number of aromatic nitrogens is 2. The zero-order valence-corrected chi connectivity index (χ0v) is 29.2. The van der Waals surface area contributed by atoms with Gasteiger partial charge in [0, 0.05) is 64.0 Å². The van der Waals surface area contributed by atoms with Crippen LogP contribution >= 0.6 is 0 Å². The predicted octanol–water partition coefficient (Wildman–Crippen LogP) is 9.96. The van der Waals surface area contributed by atoms with Gasteiger partial charge in [0.1, 0.15) is 0 Å². The van der Waals surface area contributed by atoms with Gasteiger partial charge in [-0.05, 0) is 55.3 Å². The van der Waals surface area contributed by atoms with Crippen molar-refractivity contribution in [2.45, 2.75) is 92.9 Å². The molecule has 0 bridgehead atoms. The maximum Gasteiger partial charge on any atom is 0.162 e. The fraction of sp³-hybridized carbons (Fsp3) is 0.447. The summed E-state index contributed by atoms with van der Waals surface area (Å²) in [5.74, 6) is 0.412. The van der Waals surface area contributed by atoms with Crippen molar-refractivity contribution in [1.82, 2.24) is 9.97 Å². The smallest absolute Gasteiger partial charge is 0.162 e. The zero-order chi connectivity index (χ0) is 32.4. The first-order valence-electron chi connectivity index (χ1n) is 16.5. The average Bonchev–Trinajstić information content (AvgIpc) is 3.00. The second-order valence-corrected chi connectivity index (χ2v) is 12.2. The molecule has 231 valence electrons. The third kappa shape index (κ3) is 7.10. The van der Waals surface area contributed by atoms with Crippen LogP contribution in [-0.2, 0) is 36.7 Å². The average molecular weight is 758 g/mol. The third-order valence-electron chi connectivity index (χ3n) is 8.68. The van der Waals surface area contributed by atoms with Gasteiger partial charge in [-0.1, -0.05) is 95.5 Å². The first-order chi connectivity index (χ1) is 20.8. The largest absolute Gasteiger partial charge is 0.512 e. The molecule has 2 aromatic heterocycles. The predicted molar refractivity (Wildman–Crippen MR) is 176 cm³/mol. The maximum atomic E-state index is 11.7. The molecule has 0 atom stereocenters. The number of aliphatic hydroxyl groups excluding tert-OH is 1. The standard InChI is InChI=1S/C25H23N2.C13H24O2.Ir/c1-15(2)11-16-7-6-10-22-19(16)12-20-24(27-22)18-9-5-8-17-13-26-14-21(23(17)18)25(20,3)4;1-5-10(6-2)12(14)9-13(15)11(7-3)8-4;/h5-8,10,12-15H,11H2,1-4H3;9-11,14H,5-8H2,1-4H3;/q-1;;/b;12-9-;/i11D2;;. The third-order valence-corrected chi connectivity index (χ3v) is 8.68. The van der Waals surface area contributed by atoms with Crippen LogP contribution in [0.2, 0.25) is 0 Å². The van der Waals surface area contributed by atoms with Crippen molar-refractivity contribution in [3.8, 4) is 11.3 Å². The summed E-state index contributed by atoms with van der Waals surface area (Å²) in [6.45, 7) is 16.3. The number of allylic oxidation sites excluding steroid dienone is 2. The van der Waals surface area contributed by atoms with Gasteiger partial charge in [-0.2, -0.15) is 0 Å². The topological polar surface area (TPSA) is 63.1 Å². The summed E-state index contributed by atoms with van der Waals surface area (Å²) in [6.07, 6.45) is 7.32. The molecule has 0 amide bonds. The van der Waals surface area contributed by atoms with Crippen molar-refractivity contribution in [2.75, 3.05) is 0 Å². The number of carbonyl (C=O) groups excluding carboxylic acids is 1. The van der Waals surface area contributed by atoms with Crippen LogP contribution in [0, 0.1) is 23.8 Å². The van der Waals surface area contributed by atoms with Crippen LogP contribution in [0.1, 0.15) is 101 Å². The van der Waals surface area contributed by atoms with E-state index in [1.54, 1.807) is 0 Å². The minimum Gasteiger partial charge on any atom is -0.512 e. The van der Waals surface area contributed by atoms with Gasteiger partial charge in [0.15, 0.2) is 5.78 Å². The molecule has 4 aromatic rings. The molecule has 0 aliphatic heterocycles. The Kier molecular flexibility index (Phi) is 10.8. The van der Waals surface area contributed by atoms with E-state index in [9.17, 15) is 9.90 Å². The fourth-order valence-corrected chi connectivity index (χ4v) is 6.05. The van der Waals surface area contributed by atoms with E-state index in [0.717, 1.165) is 58.8 Å². The molecule has 1 radical (unpaired) electrons. The molecule has 1 aliphatic rings. The molecule has 4 nitrogen and oxygen atoms in total. The van der Waals surface area contributed by atoms with Crippen LogP contribution in [0.5, 0.6) is 0 Å². The molecule has 0 fully saturated rings. The van der Waals surface area contributed by atoms with Gasteiger partial charge < -0.3 is 5.11 Å². The van der Waals surface area contributed by atoms with Crippen molar-refractivity contribution in [3.05, 3.63) is 83.4 Å². The van der Waals surface area contributed by atoms with E-state index in [1.165, 1.54) is 17.0 Å². The molecule has 0 unspecified atom stereocenters. The molecular weight excluding hydrogens is 709 g/mol. The van der Waals surface area contributed by atoms with Crippen LogP contribution in [0.4, 0.5) is 0 Å². The minimum atomic E-state index is -1.43. The first kappa shape index (κ1) is 31.5. The Morgan fingerprint density at radius 2 is 1.70 bits per heavy atom. The molecular formula is C38H47IrN2O2-. The van der Waals surface area contributed by atoms with Gasteiger partial charge in [-0.15, -0.1) is 23.8 Å². The molecule has 5 rings (SSSR count). The van der Waals surface area contributed by atoms with Gasteiger partial charge in [0.2, 0.25) is 0 Å². The Balaban J connectivity index is 0.000000297. The number of hydrogen-bond acceptors (Lipinski definition) is 4. The fourth-order valence-electron chi connectivity index (χ4n) is 6.05. The van der Waals surface area contributed by atoms with E-state index in [-0.39, 0.29) is 54.8 Å². The van der Waals surface area contributed by atoms with Crippen LogP contribution < -0.4 is 0 Å². The Bertz CT molecular complexity index is 1680. The number of pyridine rings is 2. The summed E-state index contributed by atoms with van der Waals surface area (Å²) in [5.41, 5.74) is 5.45. The molecule has 2 aromatic carbocycles. The minimum absolute atomic E-state index is 0. The summed E-state index contributed by atoms with van der Waals surface area (Å²) < 4.78 is 17.4. The first-order valence-corrected chi connectivity index (χ1v) is 15.5. The van der Waals surface area contributed by atoms with Crippen LogP contribution in [0.15, 0.2) is 60.6 Å². The Labute approximate surface area is 274 Å². The van der Waals surface area contributed by atoms with E-state index in [0.29, 0.717) is 5.56 Å². The number of nitrogens with zero attached hydrogens (tertiary/aromatic N) is 2. The molecule has 5 heteroatoms. The summed E-state index contributed by atoms with van der Waals surface area (Å²) in [4.78, 5) is 21.2. The number of ketones is 1. The number of fused-ring (bicyclic) bond motifs is 3. The van der Waals surface area contributed by atoms with Crippen LogP contribution in [-0.4, -0.2) is 20.9 Å². The molecule has 43 heavy (non-hydrogen) atoms. The second kappa shape index (κ2) is 14.7. The van der Waals surface area contributed by atoms with Crippen molar-refractivity contribution in [2.24, 2.45) is 17.8 Å². The zero-order valence-electron chi connectivity index (χ0n) is 28.8. The summed E-state index contributed by atoms with van der Waals surface area (Å²) in [5, 5.41) is 12.9. The summed E-state index contributed by atoms with van der Waals surface area (Å²) in [6, 6.07) is 15.3. The molecule has 0 saturated carbocycles. The molecule has 0 spiro atoms. The van der Waals surface area contributed by atoms with Crippen molar-refractivity contribution in [3.63, 3.8) is 0 Å². The SMILES string of the molecule is CCC(CC)C(=O)/C=C(\O)C(CC)CC.[2H]C([2H])(c1cccc2nc3c(cc12)C(C)(C)c1cncc2cc[c-]c-3c12)C(C)C.[Ir]. The monoisotopic (exact) mass is 758 g/mol. The molecule has 1 aliphatic carbocycles. The van der Waals surface area contributed by atoms with Crippen molar-refractivity contribution in [1.29, 1.82) is 0 Å². The van der Waals surface area contributed by atoms with Crippen molar-refractivity contribution >= 4 is 27.5 Å². The maximum absolute atomic E-state index is 11.7. The van der Waals surface area contributed by atoms with E-state index < -0.39 is 6.37 Å². The van der Waals surface area contributed by atoms with E-state index in [1.807, 2.05) is 84.3 Å². The van der Waals surface area contributed by atoms with E-state index in [4.69, 9.17) is 7.73 Å². The van der Waals surface area contributed by atoms with Gasteiger partial charge in [0.25, 0.3) is 0 Å². The van der Waals surface area contributed by atoms with Gasteiger partial charge in [-0.3, -0.25) is 14.8 Å². The Morgan fingerprint density at radius 3 is 2.33 bits per heavy atom. The Hall–Kier alpha value is -2.88. The van der Waals surface area contributed by atoms with Gasteiger partial charge in [0.05, 0.1) is 11.3 Å². The van der Waals surface area contributed by atoms with Crippen LogP contribution in [0.25, 0.3) is 32.9 Å². The van der Waals surface area contributed by atoms with Gasteiger partial charge >= 0.3 is 0 Å². The molecule has 0 saturated heterocycles. The second-order valence-electron chi connectivity index (χ2n) is 12.2. The quantitative estimate of drug-likeness (QED) is 0.105. The van der Waals surface area contributed by atoms with Crippen LogP contribution in [0.3, 0.4) is 0 Å².